The Morgan fingerprint density at radius 3 is 3.07 bits per heavy atom. The molecular weight excluding hydrogens is 370 g/mol. The molecular formula is C21H29N5O3. The van der Waals surface area contributed by atoms with Gasteiger partial charge in [-0.1, -0.05) is 6.92 Å². The van der Waals surface area contributed by atoms with Gasteiger partial charge in [0.15, 0.2) is 17.5 Å². The number of hydrogen-bond donors (Lipinski definition) is 1. The lowest BCUT2D eigenvalue weighted by Gasteiger charge is -2.39. The first-order valence-corrected chi connectivity index (χ1v) is 10.3. The van der Waals surface area contributed by atoms with Gasteiger partial charge in [-0.25, -0.2) is 9.98 Å². The van der Waals surface area contributed by atoms with E-state index in [1.54, 1.807) is 0 Å². The Hall–Kier alpha value is -2.90. The molecule has 4 rings (SSSR count). The van der Waals surface area contributed by atoms with Crippen molar-refractivity contribution in [2.24, 2.45) is 10.9 Å². The molecule has 0 radical (unpaired) electrons. The van der Waals surface area contributed by atoms with Crippen LogP contribution in [0.2, 0.25) is 0 Å². The van der Waals surface area contributed by atoms with Crippen LogP contribution in [0.3, 0.4) is 0 Å². The maximum absolute atomic E-state index is 5.84. The highest BCUT2D eigenvalue weighted by Crippen LogP contribution is 2.35. The summed E-state index contributed by atoms with van der Waals surface area (Å²) in [6.45, 7) is 8.52. The van der Waals surface area contributed by atoms with Gasteiger partial charge in [0, 0.05) is 38.1 Å². The number of rotatable bonds is 6. The van der Waals surface area contributed by atoms with E-state index in [-0.39, 0.29) is 6.79 Å². The molecule has 1 fully saturated rings. The van der Waals surface area contributed by atoms with E-state index < -0.39 is 0 Å². The van der Waals surface area contributed by atoms with E-state index in [1.807, 2.05) is 36.9 Å². The smallest absolute Gasteiger partial charge is 0.231 e. The van der Waals surface area contributed by atoms with Crippen molar-refractivity contribution in [3.63, 3.8) is 0 Å². The molecule has 8 nitrogen and oxygen atoms in total. The summed E-state index contributed by atoms with van der Waals surface area (Å²) in [5, 5.41) is 3.42. The topological polar surface area (TPSA) is 73.1 Å². The number of guanidine groups is 1. The second-order valence-corrected chi connectivity index (χ2v) is 7.39. The fourth-order valence-corrected chi connectivity index (χ4v) is 3.80. The van der Waals surface area contributed by atoms with Gasteiger partial charge in [-0.15, -0.1) is 0 Å². The van der Waals surface area contributed by atoms with Gasteiger partial charge < -0.3 is 29.0 Å². The van der Waals surface area contributed by atoms with Crippen molar-refractivity contribution in [2.75, 3.05) is 39.6 Å². The van der Waals surface area contributed by atoms with E-state index in [9.17, 15) is 0 Å². The highest BCUT2D eigenvalue weighted by molar-refractivity contribution is 5.80. The molecule has 2 aromatic rings. The average Bonchev–Trinajstić information content (AvgIpc) is 3.42. The zero-order chi connectivity index (χ0) is 20.1. The minimum atomic E-state index is 0.268. The molecule has 8 heteroatoms. The third kappa shape index (κ3) is 4.58. The molecule has 3 heterocycles. The quantitative estimate of drug-likeness (QED) is 0.457. The minimum Gasteiger partial charge on any atom is -0.492 e. The number of piperidine rings is 1. The van der Waals surface area contributed by atoms with E-state index >= 15 is 0 Å². The number of benzene rings is 1. The largest absolute Gasteiger partial charge is 0.492 e. The molecule has 0 aliphatic carbocycles. The Bertz CT molecular complexity index is 824. The molecule has 1 N–H and O–H groups in total. The number of imidazole rings is 1. The molecule has 0 saturated carbocycles. The Morgan fingerprint density at radius 1 is 1.34 bits per heavy atom. The van der Waals surface area contributed by atoms with Crippen LogP contribution in [0.4, 0.5) is 0 Å². The van der Waals surface area contributed by atoms with Crippen molar-refractivity contribution in [3.8, 4) is 17.2 Å². The summed E-state index contributed by atoms with van der Waals surface area (Å²) < 4.78 is 18.8. The highest BCUT2D eigenvalue weighted by atomic mass is 16.7. The number of ether oxygens (including phenoxy) is 3. The molecule has 0 bridgehead atoms. The van der Waals surface area contributed by atoms with Crippen LogP contribution in [0.25, 0.3) is 0 Å². The predicted octanol–water partition coefficient (Wildman–Crippen LogP) is 2.54. The van der Waals surface area contributed by atoms with Gasteiger partial charge in [0.2, 0.25) is 6.79 Å². The maximum Gasteiger partial charge on any atom is 0.231 e. The van der Waals surface area contributed by atoms with Gasteiger partial charge in [-0.3, -0.25) is 0 Å². The number of likely N-dealkylation sites (tertiary alicyclic amines) is 1. The third-order valence-corrected chi connectivity index (χ3v) is 5.43. The van der Waals surface area contributed by atoms with Crippen molar-refractivity contribution in [1.29, 1.82) is 0 Å². The third-order valence-electron chi connectivity index (χ3n) is 5.43. The second kappa shape index (κ2) is 9.07. The average molecular weight is 399 g/mol. The number of hydrogen-bond acceptors (Lipinski definition) is 5. The van der Waals surface area contributed by atoms with E-state index in [4.69, 9.17) is 19.2 Å². The van der Waals surface area contributed by atoms with Crippen molar-refractivity contribution in [2.45, 2.75) is 26.3 Å². The first kappa shape index (κ1) is 19.4. The molecule has 1 aromatic heterocycles. The lowest BCUT2D eigenvalue weighted by molar-refractivity contribution is 0.173. The van der Waals surface area contributed by atoms with Gasteiger partial charge in [0.25, 0.3) is 0 Å². The van der Waals surface area contributed by atoms with Gasteiger partial charge in [0.05, 0.1) is 18.9 Å². The van der Waals surface area contributed by atoms with E-state index in [0.717, 1.165) is 49.3 Å². The van der Waals surface area contributed by atoms with Crippen LogP contribution >= 0.6 is 0 Å². The van der Waals surface area contributed by atoms with Crippen molar-refractivity contribution < 1.29 is 14.2 Å². The molecule has 2 atom stereocenters. The van der Waals surface area contributed by atoms with Crippen molar-refractivity contribution in [3.05, 3.63) is 36.9 Å². The van der Waals surface area contributed by atoms with E-state index in [2.05, 4.69) is 33.6 Å². The standard InChI is InChI=1S/C21H29N5O3/c1-3-23-21(25-9-6-16(2)18(13-25)26-10-7-22-14-26)24-8-11-27-17-4-5-19-20(12-17)29-15-28-19/h4-5,7,10,12,14,16,18H,3,6,8-9,11,13,15H2,1-2H3,(H,23,24). The molecule has 0 amide bonds. The summed E-state index contributed by atoms with van der Waals surface area (Å²) >= 11 is 0. The first-order chi connectivity index (χ1) is 14.2. The molecule has 0 spiro atoms. The molecule has 2 aliphatic rings. The highest BCUT2D eigenvalue weighted by Gasteiger charge is 2.28. The zero-order valence-electron chi connectivity index (χ0n) is 17.1. The molecule has 1 saturated heterocycles. The number of aromatic nitrogens is 2. The van der Waals surface area contributed by atoms with Crippen molar-refractivity contribution in [1.82, 2.24) is 19.8 Å². The van der Waals surface area contributed by atoms with Crippen LogP contribution in [0.15, 0.2) is 41.9 Å². The predicted molar refractivity (Wildman–Crippen MR) is 111 cm³/mol. The summed E-state index contributed by atoms with van der Waals surface area (Å²) in [6.07, 6.45) is 6.93. The van der Waals surface area contributed by atoms with E-state index in [0.29, 0.717) is 25.1 Å². The van der Waals surface area contributed by atoms with Crippen LogP contribution in [0, 0.1) is 5.92 Å². The number of aliphatic imine (C=N–C) groups is 1. The lowest BCUT2D eigenvalue weighted by Crippen LogP contribution is -2.49. The van der Waals surface area contributed by atoms with Crippen LogP contribution < -0.4 is 19.5 Å². The molecule has 156 valence electrons. The monoisotopic (exact) mass is 399 g/mol. The van der Waals surface area contributed by atoms with Gasteiger partial charge in [-0.05, 0) is 31.4 Å². The van der Waals surface area contributed by atoms with Crippen LogP contribution in [-0.2, 0) is 0 Å². The van der Waals surface area contributed by atoms with Crippen molar-refractivity contribution >= 4 is 5.96 Å². The van der Waals surface area contributed by atoms with Gasteiger partial charge >= 0.3 is 0 Å². The lowest BCUT2D eigenvalue weighted by atomic mass is 9.93. The molecule has 2 unspecified atom stereocenters. The first-order valence-electron chi connectivity index (χ1n) is 10.3. The van der Waals surface area contributed by atoms with E-state index in [1.165, 1.54) is 0 Å². The van der Waals surface area contributed by atoms with Crippen LogP contribution in [0.1, 0.15) is 26.3 Å². The van der Waals surface area contributed by atoms with Gasteiger partial charge in [0.1, 0.15) is 12.4 Å². The fourth-order valence-electron chi connectivity index (χ4n) is 3.80. The number of nitrogens with one attached hydrogen (secondary N) is 1. The summed E-state index contributed by atoms with van der Waals surface area (Å²) in [5.74, 6) is 3.81. The normalized spacial score (nSPS) is 21.3. The Labute approximate surface area is 171 Å². The minimum absolute atomic E-state index is 0.268. The zero-order valence-corrected chi connectivity index (χ0v) is 17.1. The number of nitrogens with zero attached hydrogens (tertiary/aromatic N) is 4. The SMILES string of the molecule is CCNC(=NCCOc1ccc2c(c1)OCO2)N1CCC(C)C(n2ccnc2)C1. The summed E-state index contributed by atoms with van der Waals surface area (Å²) in [5.41, 5.74) is 0. The summed E-state index contributed by atoms with van der Waals surface area (Å²) in [4.78, 5) is 11.3. The summed E-state index contributed by atoms with van der Waals surface area (Å²) in [7, 11) is 0. The molecule has 29 heavy (non-hydrogen) atoms. The number of fused-ring (bicyclic) bond motifs is 1. The Kier molecular flexibility index (Phi) is 6.07. The van der Waals surface area contributed by atoms with Crippen LogP contribution in [0.5, 0.6) is 17.2 Å². The molecule has 1 aromatic carbocycles. The molecule has 2 aliphatic heterocycles. The summed E-state index contributed by atoms with van der Waals surface area (Å²) in [6, 6.07) is 6.03. The van der Waals surface area contributed by atoms with Crippen LogP contribution in [-0.4, -0.2) is 60.0 Å². The Morgan fingerprint density at radius 2 is 2.24 bits per heavy atom. The second-order valence-electron chi connectivity index (χ2n) is 7.39. The Balaban J connectivity index is 1.34. The van der Waals surface area contributed by atoms with Gasteiger partial charge in [-0.2, -0.15) is 0 Å². The maximum atomic E-state index is 5.84. The fraction of sp³-hybridized carbons (Fsp3) is 0.524.